The Hall–Kier alpha value is -5.83. The van der Waals surface area contributed by atoms with Gasteiger partial charge in [0.2, 0.25) is 5.91 Å². The minimum absolute atomic E-state index is 0.0213. The van der Waals surface area contributed by atoms with E-state index < -0.39 is 17.1 Å². The van der Waals surface area contributed by atoms with Crippen LogP contribution in [0.15, 0.2) is 114 Å². The third kappa shape index (κ3) is 8.37. The van der Waals surface area contributed by atoms with Gasteiger partial charge in [-0.1, -0.05) is 66.7 Å². The molecule has 0 spiro atoms. The summed E-state index contributed by atoms with van der Waals surface area (Å²) < 4.78 is 11.0. The monoisotopic (exact) mass is 728 g/mol. The predicted octanol–water partition coefficient (Wildman–Crippen LogP) is 8.40. The maximum absolute atomic E-state index is 14.0. The standard InChI is InChI=1S/C41H36N4O5S2/c1-49-34-21-11-17-28(36(34)50-2)23-33(44-38(46)27-15-7-4-8-16-27)39(47)43-29-18-12-19-30(24-29)51-37(26-13-5-3-6-14-26)40(48)45-41-32(25-42)31-20-9-10-22-35(31)52-41/h3-8,11-19,21,23-24,37H,9-10,20,22H2,1-2H3,(H,43,47)(H,44,46)(H,45,48)/b33-23+. The van der Waals surface area contributed by atoms with Crippen molar-refractivity contribution in [1.29, 1.82) is 5.26 Å². The van der Waals surface area contributed by atoms with E-state index in [1.54, 1.807) is 66.7 Å². The number of methoxy groups -OCH3 is 2. The van der Waals surface area contributed by atoms with E-state index >= 15 is 0 Å². The summed E-state index contributed by atoms with van der Waals surface area (Å²) in [5, 5.41) is 18.6. The summed E-state index contributed by atoms with van der Waals surface area (Å²) in [7, 11) is 3.02. The molecule has 1 heterocycles. The first-order chi connectivity index (χ1) is 25.4. The molecule has 3 N–H and O–H groups in total. The molecule has 0 saturated carbocycles. The molecule has 9 nitrogen and oxygen atoms in total. The van der Waals surface area contributed by atoms with Gasteiger partial charge in [-0.15, -0.1) is 23.1 Å². The molecule has 52 heavy (non-hydrogen) atoms. The molecular formula is C41H36N4O5S2. The van der Waals surface area contributed by atoms with Crippen molar-refractivity contribution in [2.45, 2.75) is 35.8 Å². The molecule has 11 heteroatoms. The molecule has 1 atom stereocenters. The zero-order chi connectivity index (χ0) is 36.5. The maximum Gasteiger partial charge on any atom is 0.272 e. The number of anilines is 2. The minimum atomic E-state index is -0.654. The van der Waals surface area contributed by atoms with Gasteiger partial charge in [0.15, 0.2) is 11.5 Å². The maximum atomic E-state index is 14.0. The van der Waals surface area contributed by atoms with Gasteiger partial charge in [0, 0.05) is 26.6 Å². The van der Waals surface area contributed by atoms with E-state index in [4.69, 9.17) is 9.47 Å². The van der Waals surface area contributed by atoms with Crippen molar-refractivity contribution in [3.63, 3.8) is 0 Å². The molecule has 0 bridgehead atoms. The Balaban J connectivity index is 1.26. The fraction of sp³-hybridized carbons (Fsp3) is 0.171. The van der Waals surface area contributed by atoms with Crippen LogP contribution in [0, 0.1) is 11.3 Å². The fourth-order valence-corrected chi connectivity index (χ4v) is 8.28. The molecule has 1 aliphatic carbocycles. The Labute approximate surface area is 310 Å². The first-order valence-corrected chi connectivity index (χ1v) is 18.4. The first-order valence-electron chi connectivity index (χ1n) is 16.7. The minimum Gasteiger partial charge on any atom is -0.493 e. The number of thiophene rings is 1. The van der Waals surface area contributed by atoms with Gasteiger partial charge in [-0.25, -0.2) is 0 Å². The normalized spacial score (nSPS) is 12.8. The lowest BCUT2D eigenvalue weighted by Crippen LogP contribution is -2.30. The highest BCUT2D eigenvalue weighted by Crippen LogP contribution is 2.41. The van der Waals surface area contributed by atoms with Crippen molar-refractivity contribution in [2.75, 3.05) is 24.9 Å². The number of fused-ring (bicyclic) bond motifs is 1. The van der Waals surface area contributed by atoms with E-state index in [-0.39, 0.29) is 11.6 Å². The van der Waals surface area contributed by atoms with Gasteiger partial charge in [0.05, 0.1) is 19.8 Å². The lowest BCUT2D eigenvalue weighted by molar-refractivity contribution is -0.116. The van der Waals surface area contributed by atoms with Gasteiger partial charge in [-0.2, -0.15) is 5.26 Å². The number of hydrogen-bond donors (Lipinski definition) is 3. The number of benzene rings is 4. The summed E-state index contributed by atoms with van der Waals surface area (Å²) in [6.45, 7) is 0. The predicted molar refractivity (Wildman–Crippen MR) is 206 cm³/mol. The Morgan fingerprint density at radius 1 is 0.865 bits per heavy atom. The SMILES string of the molecule is COc1cccc(/C=C(/NC(=O)c2ccccc2)C(=O)Nc2cccc(SC(C(=O)Nc3sc4c(c3C#N)CCCC4)c3ccccc3)c2)c1OC. The summed E-state index contributed by atoms with van der Waals surface area (Å²) in [6.07, 6.45) is 5.41. The average molecular weight is 729 g/mol. The zero-order valence-electron chi connectivity index (χ0n) is 28.6. The van der Waals surface area contributed by atoms with E-state index in [9.17, 15) is 19.6 Å². The summed E-state index contributed by atoms with van der Waals surface area (Å²) in [5.41, 5.74) is 3.74. The number of rotatable bonds is 12. The molecule has 3 amide bonds. The number of nitrogens with one attached hydrogen (secondary N) is 3. The summed E-state index contributed by atoms with van der Waals surface area (Å²) >= 11 is 2.82. The third-order valence-electron chi connectivity index (χ3n) is 8.47. The van der Waals surface area contributed by atoms with Crippen LogP contribution in [0.5, 0.6) is 11.5 Å². The molecule has 0 aliphatic heterocycles. The highest BCUT2D eigenvalue weighted by molar-refractivity contribution is 8.00. The first kappa shape index (κ1) is 36.0. The molecule has 1 aliphatic rings. The third-order valence-corrected chi connectivity index (χ3v) is 10.9. The number of ether oxygens (including phenoxy) is 2. The Bertz CT molecular complexity index is 2160. The Morgan fingerprint density at radius 2 is 1.60 bits per heavy atom. The second kappa shape index (κ2) is 16.9. The van der Waals surface area contributed by atoms with E-state index in [1.165, 1.54) is 48.3 Å². The van der Waals surface area contributed by atoms with Gasteiger partial charge in [-0.05, 0) is 79.3 Å². The van der Waals surface area contributed by atoms with Crippen LogP contribution in [0.1, 0.15) is 55.6 Å². The highest BCUT2D eigenvalue weighted by Gasteiger charge is 2.27. The second-order valence-electron chi connectivity index (χ2n) is 11.9. The summed E-state index contributed by atoms with van der Waals surface area (Å²) in [6, 6.07) is 32.8. The number of carbonyl (C=O) groups is 3. The molecule has 1 unspecified atom stereocenters. The molecule has 0 fully saturated rings. The second-order valence-corrected chi connectivity index (χ2v) is 14.2. The highest BCUT2D eigenvalue weighted by atomic mass is 32.2. The van der Waals surface area contributed by atoms with E-state index in [2.05, 4.69) is 22.0 Å². The zero-order valence-corrected chi connectivity index (χ0v) is 30.2. The number of aryl methyl sites for hydroxylation is 1. The van der Waals surface area contributed by atoms with Crippen LogP contribution in [0.2, 0.25) is 0 Å². The molecule has 5 aromatic rings. The van der Waals surface area contributed by atoms with Crippen molar-refractivity contribution in [1.82, 2.24) is 5.32 Å². The van der Waals surface area contributed by atoms with Crippen molar-refractivity contribution < 1.29 is 23.9 Å². The average Bonchev–Trinajstić information content (AvgIpc) is 3.53. The van der Waals surface area contributed by atoms with Gasteiger partial charge in [0.25, 0.3) is 11.8 Å². The largest absolute Gasteiger partial charge is 0.493 e. The van der Waals surface area contributed by atoms with Crippen LogP contribution < -0.4 is 25.4 Å². The van der Waals surface area contributed by atoms with Gasteiger partial charge in [-0.3, -0.25) is 14.4 Å². The summed E-state index contributed by atoms with van der Waals surface area (Å²) in [4.78, 5) is 43.0. The Morgan fingerprint density at radius 3 is 2.33 bits per heavy atom. The quantitative estimate of drug-likeness (QED) is 0.0869. The van der Waals surface area contributed by atoms with Gasteiger partial charge >= 0.3 is 0 Å². The number of thioether (sulfide) groups is 1. The summed E-state index contributed by atoms with van der Waals surface area (Å²) in [5.74, 6) is -0.413. The van der Waals surface area contributed by atoms with Crippen molar-refractivity contribution in [3.8, 4) is 17.6 Å². The molecule has 4 aromatic carbocycles. The Kier molecular flexibility index (Phi) is 11.7. The lowest BCUT2D eigenvalue weighted by Gasteiger charge is -2.18. The number of nitrogens with zero attached hydrogens (tertiary/aromatic N) is 1. The van der Waals surface area contributed by atoms with Crippen LogP contribution in [-0.4, -0.2) is 31.9 Å². The molecule has 1 aromatic heterocycles. The van der Waals surface area contributed by atoms with Crippen molar-refractivity contribution in [2.24, 2.45) is 0 Å². The molecule has 6 rings (SSSR count). The molecule has 0 radical (unpaired) electrons. The number of para-hydroxylation sites is 1. The van der Waals surface area contributed by atoms with Gasteiger partial charge in [0.1, 0.15) is 22.0 Å². The smallest absolute Gasteiger partial charge is 0.272 e. The molecular weight excluding hydrogens is 693 g/mol. The van der Waals surface area contributed by atoms with Crippen LogP contribution in [0.4, 0.5) is 10.7 Å². The fourth-order valence-electron chi connectivity index (χ4n) is 5.96. The number of amides is 3. The van der Waals surface area contributed by atoms with Crippen LogP contribution in [-0.2, 0) is 22.4 Å². The van der Waals surface area contributed by atoms with E-state index in [1.807, 2.05) is 36.4 Å². The van der Waals surface area contributed by atoms with E-state index in [0.29, 0.717) is 38.9 Å². The lowest BCUT2D eigenvalue weighted by atomic mass is 9.96. The number of nitriles is 1. The van der Waals surface area contributed by atoms with E-state index in [0.717, 1.165) is 41.7 Å². The topological polar surface area (TPSA) is 130 Å². The van der Waals surface area contributed by atoms with Crippen LogP contribution in [0.25, 0.3) is 6.08 Å². The van der Waals surface area contributed by atoms with Crippen molar-refractivity contribution >= 4 is 57.6 Å². The molecule has 0 saturated heterocycles. The van der Waals surface area contributed by atoms with Crippen molar-refractivity contribution in [3.05, 3.63) is 142 Å². The van der Waals surface area contributed by atoms with Gasteiger partial charge < -0.3 is 25.4 Å². The molecule has 262 valence electrons. The van der Waals surface area contributed by atoms with Crippen LogP contribution in [0.3, 0.4) is 0 Å². The number of carbonyl (C=O) groups excluding carboxylic acids is 3. The number of hydrogen-bond acceptors (Lipinski definition) is 8. The van der Waals surface area contributed by atoms with Crippen LogP contribution >= 0.6 is 23.1 Å².